The molecule has 1 fully saturated rings. The predicted molar refractivity (Wildman–Crippen MR) is 55.5 cm³/mol. The Morgan fingerprint density at radius 2 is 2.12 bits per heavy atom. The van der Waals surface area contributed by atoms with Crippen LogP contribution in [0.2, 0.25) is 0 Å². The van der Waals surface area contributed by atoms with Crippen LogP contribution in [0.25, 0.3) is 0 Å². The van der Waals surface area contributed by atoms with Gasteiger partial charge in [-0.05, 0) is 13.8 Å². The normalized spacial score (nSPS) is 20.5. The lowest BCUT2D eigenvalue weighted by Gasteiger charge is -2.38. The van der Waals surface area contributed by atoms with E-state index in [4.69, 9.17) is 4.74 Å². The van der Waals surface area contributed by atoms with Crippen molar-refractivity contribution < 1.29 is 22.7 Å². The summed E-state index contributed by atoms with van der Waals surface area (Å²) in [7, 11) is 0. The number of hydrogen-bond donors (Lipinski definition) is 2. The number of carbonyl (C=O) groups is 1. The molecule has 1 aliphatic rings. The molecule has 17 heavy (non-hydrogen) atoms. The number of alkyl halides is 3. The molecular formula is C10H17F3N2O2. The zero-order valence-electron chi connectivity index (χ0n) is 9.86. The van der Waals surface area contributed by atoms with Gasteiger partial charge in [0.1, 0.15) is 6.61 Å². The van der Waals surface area contributed by atoms with Gasteiger partial charge >= 0.3 is 6.18 Å². The fourth-order valence-electron chi connectivity index (χ4n) is 1.53. The molecule has 7 heteroatoms. The van der Waals surface area contributed by atoms with Crippen LogP contribution in [0, 0.1) is 0 Å². The monoisotopic (exact) mass is 254 g/mol. The molecule has 0 radical (unpaired) electrons. The molecule has 1 unspecified atom stereocenters. The Morgan fingerprint density at radius 3 is 2.53 bits per heavy atom. The van der Waals surface area contributed by atoms with Crippen molar-refractivity contribution in [2.24, 2.45) is 0 Å². The average molecular weight is 254 g/mol. The Bertz CT molecular complexity index is 277. The molecule has 4 nitrogen and oxygen atoms in total. The lowest BCUT2D eigenvalue weighted by molar-refractivity contribution is -0.145. The van der Waals surface area contributed by atoms with E-state index in [0.717, 1.165) is 0 Å². The van der Waals surface area contributed by atoms with E-state index < -0.39 is 24.5 Å². The molecule has 1 amide bonds. The highest BCUT2D eigenvalue weighted by atomic mass is 19.4. The maximum Gasteiger partial charge on any atom is 0.391 e. The van der Waals surface area contributed by atoms with Gasteiger partial charge in [-0.15, -0.1) is 0 Å². The van der Waals surface area contributed by atoms with Gasteiger partial charge in [0.15, 0.2) is 0 Å². The van der Waals surface area contributed by atoms with E-state index in [0.29, 0.717) is 13.1 Å². The highest BCUT2D eigenvalue weighted by molar-refractivity contribution is 5.77. The average Bonchev–Trinajstić information content (AvgIpc) is 2.08. The van der Waals surface area contributed by atoms with Crippen molar-refractivity contribution in [3.63, 3.8) is 0 Å². The number of rotatable bonds is 5. The van der Waals surface area contributed by atoms with Gasteiger partial charge < -0.3 is 15.4 Å². The van der Waals surface area contributed by atoms with Crippen LogP contribution < -0.4 is 10.6 Å². The van der Waals surface area contributed by atoms with E-state index in [9.17, 15) is 18.0 Å². The first-order valence-corrected chi connectivity index (χ1v) is 5.41. The molecule has 0 saturated carbocycles. The van der Waals surface area contributed by atoms with E-state index in [2.05, 4.69) is 10.6 Å². The summed E-state index contributed by atoms with van der Waals surface area (Å²) in [4.78, 5) is 11.3. The second-order valence-corrected chi connectivity index (χ2v) is 4.63. The molecule has 0 aliphatic carbocycles. The predicted octanol–water partition coefficient (Wildman–Crippen LogP) is 0.822. The molecule has 100 valence electrons. The molecule has 1 heterocycles. The minimum Gasteiger partial charge on any atom is -0.363 e. The van der Waals surface area contributed by atoms with Crippen LogP contribution >= 0.6 is 0 Å². The largest absolute Gasteiger partial charge is 0.391 e. The third-order valence-electron chi connectivity index (χ3n) is 2.49. The highest BCUT2D eigenvalue weighted by Gasteiger charge is 2.34. The van der Waals surface area contributed by atoms with Crippen molar-refractivity contribution in [2.45, 2.75) is 38.1 Å². The van der Waals surface area contributed by atoms with Crippen molar-refractivity contribution in [3.8, 4) is 0 Å². The van der Waals surface area contributed by atoms with Gasteiger partial charge in [0.25, 0.3) is 0 Å². The summed E-state index contributed by atoms with van der Waals surface area (Å²) >= 11 is 0. The summed E-state index contributed by atoms with van der Waals surface area (Å²) in [6, 6.07) is -0.932. The van der Waals surface area contributed by atoms with Crippen molar-refractivity contribution in [3.05, 3.63) is 0 Å². The third kappa shape index (κ3) is 5.36. The van der Waals surface area contributed by atoms with Crippen LogP contribution in [-0.4, -0.2) is 43.4 Å². The molecule has 0 aromatic carbocycles. The maximum absolute atomic E-state index is 12.0. The van der Waals surface area contributed by atoms with Crippen LogP contribution in [0.5, 0.6) is 0 Å². The Balaban J connectivity index is 2.20. The highest BCUT2D eigenvalue weighted by Crippen LogP contribution is 2.21. The molecule has 1 aliphatic heterocycles. The van der Waals surface area contributed by atoms with Gasteiger partial charge in [0, 0.05) is 19.1 Å². The van der Waals surface area contributed by atoms with Gasteiger partial charge in [-0.3, -0.25) is 4.79 Å². The number of nitrogens with one attached hydrogen (secondary N) is 2. The lowest BCUT2D eigenvalue weighted by Crippen LogP contribution is -2.59. The van der Waals surface area contributed by atoms with Gasteiger partial charge in [-0.1, -0.05) is 0 Å². The van der Waals surface area contributed by atoms with Gasteiger partial charge in [-0.2, -0.15) is 13.2 Å². The van der Waals surface area contributed by atoms with Gasteiger partial charge in [0.05, 0.1) is 12.0 Å². The van der Waals surface area contributed by atoms with Crippen LogP contribution in [0.1, 0.15) is 20.3 Å². The van der Waals surface area contributed by atoms with Crippen LogP contribution in [0.3, 0.4) is 0 Å². The zero-order chi connectivity index (χ0) is 13.1. The molecular weight excluding hydrogens is 237 g/mol. The molecule has 1 atom stereocenters. The van der Waals surface area contributed by atoms with Crippen LogP contribution in [-0.2, 0) is 9.53 Å². The van der Waals surface area contributed by atoms with E-state index in [1.165, 1.54) is 6.92 Å². The Morgan fingerprint density at radius 1 is 1.53 bits per heavy atom. The second kappa shape index (κ2) is 5.22. The first-order valence-electron chi connectivity index (χ1n) is 5.41. The van der Waals surface area contributed by atoms with E-state index in [1.807, 2.05) is 6.92 Å². The lowest BCUT2D eigenvalue weighted by atomic mass is 10.0. The molecule has 0 aromatic heterocycles. The fourth-order valence-corrected chi connectivity index (χ4v) is 1.53. The third-order valence-corrected chi connectivity index (χ3v) is 2.49. The number of amides is 1. The SMILES string of the molecule is CC(CC(F)(F)F)NC(=O)COC1(C)CNC1. The summed E-state index contributed by atoms with van der Waals surface area (Å²) in [5.41, 5.74) is -0.370. The first kappa shape index (κ1) is 14.2. The molecule has 1 saturated heterocycles. The number of hydrogen-bond acceptors (Lipinski definition) is 3. The Kier molecular flexibility index (Phi) is 4.37. The van der Waals surface area contributed by atoms with E-state index >= 15 is 0 Å². The minimum absolute atomic E-state index is 0.208. The summed E-state index contributed by atoms with van der Waals surface area (Å²) < 4.78 is 41.3. The Hall–Kier alpha value is -0.820. The first-order chi connectivity index (χ1) is 7.70. The summed E-state index contributed by atoms with van der Waals surface area (Å²) in [6.07, 6.45) is -5.30. The van der Waals surface area contributed by atoms with E-state index in [1.54, 1.807) is 0 Å². The standard InChI is InChI=1S/C10H17F3N2O2/c1-7(3-10(11,12)13)15-8(16)4-17-9(2)5-14-6-9/h7,14H,3-6H2,1-2H3,(H,15,16). The number of carbonyl (C=O) groups excluding carboxylic acids is 1. The summed E-state index contributed by atoms with van der Waals surface area (Å²) in [6.45, 7) is 4.26. The van der Waals surface area contributed by atoms with Crippen molar-refractivity contribution in [1.29, 1.82) is 0 Å². The minimum atomic E-state index is -4.27. The molecule has 0 spiro atoms. The number of halogens is 3. The molecule has 1 rings (SSSR count). The van der Waals surface area contributed by atoms with Crippen molar-refractivity contribution in [1.82, 2.24) is 10.6 Å². The van der Waals surface area contributed by atoms with Crippen LogP contribution in [0.4, 0.5) is 13.2 Å². The molecule has 2 N–H and O–H groups in total. The quantitative estimate of drug-likeness (QED) is 0.763. The van der Waals surface area contributed by atoms with Gasteiger partial charge in [-0.25, -0.2) is 0 Å². The van der Waals surface area contributed by atoms with Crippen LogP contribution in [0.15, 0.2) is 0 Å². The van der Waals surface area contributed by atoms with E-state index in [-0.39, 0.29) is 12.2 Å². The molecule has 0 bridgehead atoms. The molecule has 0 aromatic rings. The maximum atomic E-state index is 12.0. The smallest absolute Gasteiger partial charge is 0.363 e. The number of ether oxygens (including phenoxy) is 1. The second-order valence-electron chi connectivity index (χ2n) is 4.63. The van der Waals surface area contributed by atoms with Crippen molar-refractivity contribution >= 4 is 5.91 Å². The topological polar surface area (TPSA) is 50.4 Å². The fraction of sp³-hybridized carbons (Fsp3) is 0.900. The van der Waals surface area contributed by atoms with Crippen molar-refractivity contribution in [2.75, 3.05) is 19.7 Å². The zero-order valence-corrected chi connectivity index (χ0v) is 9.86. The summed E-state index contributed by atoms with van der Waals surface area (Å²) in [5.74, 6) is -0.519. The Labute approximate surface area is 97.9 Å². The van der Waals surface area contributed by atoms with Gasteiger partial charge in [0.2, 0.25) is 5.91 Å². The summed E-state index contributed by atoms with van der Waals surface area (Å²) in [5, 5.41) is 5.24.